The lowest BCUT2D eigenvalue weighted by Crippen LogP contribution is -2.37. The van der Waals surface area contributed by atoms with Crippen molar-refractivity contribution in [2.75, 3.05) is 18.0 Å². The largest absolute Gasteiger partial charge is 0.355 e. The summed E-state index contributed by atoms with van der Waals surface area (Å²) in [5.41, 5.74) is 4.72. The molecule has 4 aromatic rings. The average molecular weight is 401 g/mol. The lowest BCUT2D eigenvalue weighted by atomic mass is 9.97. The first-order chi connectivity index (χ1) is 14.7. The number of aryl methyl sites for hydroxylation is 1. The van der Waals surface area contributed by atoms with Gasteiger partial charge in [-0.3, -0.25) is 9.78 Å². The van der Waals surface area contributed by atoms with E-state index in [2.05, 4.69) is 29.9 Å². The van der Waals surface area contributed by atoms with E-state index in [1.165, 1.54) is 0 Å². The highest BCUT2D eigenvalue weighted by atomic mass is 16.1. The number of fused-ring (bicyclic) bond motifs is 1. The van der Waals surface area contributed by atoms with Gasteiger partial charge in [-0.25, -0.2) is 14.6 Å². The number of H-pyrrole nitrogens is 1. The number of nitrogens with zero attached hydrogens (tertiary/aromatic N) is 6. The van der Waals surface area contributed by atoms with Gasteiger partial charge in [-0.05, 0) is 49.9 Å². The quantitative estimate of drug-likeness (QED) is 0.565. The van der Waals surface area contributed by atoms with E-state index in [4.69, 9.17) is 0 Å². The van der Waals surface area contributed by atoms with Crippen LogP contribution in [0, 0.1) is 12.8 Å². The number of nitrogens with one attached hydrogen (secondary N) is 1. The molecule has 5 heterocycles. The van der Waals surface area contributed by atoms with E-state index in [0.29, 0.717) is 12.5 Å². The number of pyridine rings is 1. The maximum absolute atomic E-state index is 12.4. The molecule has 8 heteroatoms. The third-order valence-electron chi connectivity index (χ3n) is 5.72. The second kappa shape index (κ2) is 7.70. The summed E-state index contributed by atoms with van der Waals surface area (Å²) < 4.78 is 1.60. The maximum Gasteiger partial charge on any atom is 0.266 e. The lowest BCUT2D eigenvalue weighted by Gasteiger charge is -2.32. The van der Waals surface area contributed by atoms with Gasteiger partial charge in [0, 0.05) is 49.4 Å². The van der Waals surface area contributed by atoms with E-state index in [0.717, 1.165) is 59.7 Å². The zero-order chi connectivity index (χ0) is 20.5. The molecule has 0 spiro atoms. The summed E-state index contributed by atoms with van der Waals surface area (Å²) in [7, 11) is 0. The monoisotopic (exact) mass is 401 g/mol. The van der Waals surface area contributed by atoms with Crippen molar-refractivity contribution in [3.8, 4) is 11.3 Å². The van der Waals surface area contributed by atoms with Gasteiger partial charge >= 0.3 is 0 Å². The SMILES string of the molecule is Cc1cc2ncnc(N3CCC(Cn4nc(-c5ccncc5)ccc4=O)CC3)c2[nH]1. The van der Waals surface area contributed by atoms with E-state index in [9.17, 15) is 4.79 Å². The van der Waals surface area contributed by atoms with Crippen LogP contribution in [-0.4, -0.2) is 42.8 Å². The molecule has 1 saturated heterocycles. The Morgan fingerprint density at radius 3 is 2.70 bits per heavy atom. The van der Waals surface area contributed by atoms with Crippen molar-refractivity contribution in [2.24, 2.45) is 5.92 Å². The zero-order valence-electron chi connectivity index (χ0n) is 16.8. The predicted octanol–water partition coefficient (Wildman–Crippen LogP) is 2.80. The number of hydrogen-bond donors (Lipinski definition) is 1. The third kappa shape index (κ3) is 3.56. The summed E-state index contributed by atoms with van der Waals surface area (Å²) >= 11 is 0. The van der Waals surface area contributed by atoms with Crippen molar-refractivity contribution in [1.29, 1.82) is 0 Å². The lowest BCUT2D eigenvalue weighted by molar-refractivity contribution is 0.335. The molecular weight excluding hydrogens is 378 g/mol. The van der Waals surface area contributed by atoms with E-state index in [-0.39, 0.29) is 5.56 Å². The van der Waals surface area contributed by atoms with Crippen LogP contribution in [0.15, 0.2) is 53.8 Å². The number of aromatic amines is 1. The first-order valence-corrected chi connectivity index (χ1v) is 10.2. The van der Waals surface area contributed by atoms with Crippen LogP contribution < -0.4 is 10.5 Å². The highest BCUT2D eigenvalue weighted by Crippen LogP contribution is 2.27. The molecule has 8 nitrogen and oxygen atoms in total. The number of piperidine rings is 1. The van der Waals surface area contributed by atoms with Gasteiger partial charge in [0.15, 0.2) is 5.82 Å². The number of rotatable bonds is 4. The van der Waals surface area contributed by atoms with Crippen molar-refractivity contribution in [3.05, 3.63) is 65.1 Å². The van der Waals surface area contributed by atoms with Crippen LogP contribution in [0.3, 0.4) is 0 Å². The second-order valence-electron chi connectivity index (χ2n) is 7.82. The van der Waals surface area contributed by atoms with E-state index >= 15 is 0 Å². The topological polar surface area (TPSA) is 92.6 Å². The second-order valence-corrected chi connectivity index (χ2v) is 7.82. The van der Waals surface area contributed by atoms with Gasteiger partial charge in [-0.2, -0.15) is 5.10 Å². The van der Waals surface area contributed by atoms with Crippen molar-refractivity contribution >= 4 is 16.9 Å². The Bertz CT molecular complexity index is 1220. The summed E-state index contributed by atoms with van der Waals surface area (Å²) in [6.07, 6.45) is 7.07. The van der Waals surface area contributed by atoms with E-state index < -0.39 is 0 Å². The molecule has 0 aromatic carbocycles. The molecule has 1 aliphatic heterocycles. The molecule has 152 valence electrons. The van der Waals surface area contributed by atoms with Crippen molar-refractivity contribution in [1.82, 2.24) is 29.7 Å². The first kappa shape index (κ1) is 18.5. The summed E-state index contributed by atoms with van der Waals surface area (Å²) in [6, 6.07) is 9.22. The molecule has 5 rings (SSSR count). The normalized spacial score (nSPS) is 15.0. The average Bonchev–Trinajstić information content (AvgIpc) is 3.17. The Kier molecular flexibility index (Phi) is 4.74. The standard InChI is InChI=1S/C22H23N7O/c1-15-12-19-21(26-15)22(25-14-24-19)28-10-6-16(7-11-28)13-29-20(30)3-2-18(27-29)17-4-8-23-9-5-17/h2-5,8-9,12,14,16,26H,6-7,10-11,13H2,1H3. The number of anilines is 1. The van der Waals surface area contributed by atoms with Crippen LogP contribution in [0.25, 0.3) is 22.3 Å². The molecule has 30 heavy (non-hydrogen) atoms. The molecule has 0 bridgehead atoms. The van der Waals surface area contributed by atoms with Gasteiger partial charge in [0.2, 0.25) is 0 Å². The van der Waals surface area contributed by atoms with Crippen molar-refractivity contribution in [2.45, 2.75) is 26.3 Å². The Balaban J connectivity index is 1.30. The molecule has 1 fully saturated rings. The summed E-state index contributed by atoms with van der Waals surface area (Å²) in [5, 5.41) is 4.59. The van der Waals surface area contributed by atoms with Crippen LogP contribution in [0.5, 0.6) is 0 Å². The van der Waals surface area contributed by atoms with Gasteiger partial charge in [0.05, 0.1) is 11.2 Å². The minimum atomic E-state index is -0.0606. The fraction of sp³-hybridized carbons (Fsp3) is 0.318. The number of hydrogen-bond acceptors (Lipinski definition) is 6. The van der Waals surface area contributed by atoms with Gasteiger partial charge in [-0.1, -0.05) is 0 Å². The summed E-state index contributed by atoms with van der Waals surface area (Å²) in [5.74, 6) is 1.36. The van der Waals surface area contributed by atoms with Crippen LogP contribution in [0.1, 0.15) is 18.5 Å². The van der Waals surface area contributed by atoms with Gasteiger partial charge < -0.3 is 9.88 Å². The van der Waals surface area contributed by atoms with Crippen LogP contribution in [0.4, 0.5) is 5.82 Å². The van der Waals surface area contributed by atoms with Crippen molar-refractivity contribution in [3.63, 3.8) is 0 Å². The van der Waals surface area contributed by atoms with E-state index in [1.807, 2.05) is 25.1 Å². The Labute approximate surface area is 173 Å². The smallest absolute Gasteiger partial charge is 0.266 e. The van der Waals surface area contributed by atoms with Gasteiger partial charge in [-0.15, -0.1) is 0 Å². The highest BCUT2D eigenvalue weighted by molar-refractivity contribution is 5.86. The van der Waals surface area contributed by atoms with Gasteiger partial charge in [0.1, 0.15) is 11.8 Å². The minimum Gasteiger partial charge on any atom is -0.355 e. The van der Waals surface area contributed by atoms with Gasteiger partial charge in [0.25, 0.3) is 5.56 Å². The summed E-state index contributed by atoms with van der Waals surface area (Å²) in [4.78, 5) is 31.0. The van der Waals surface area contributed by atoms with Crippen LogP contribution in [0.2, 0.25) is 0 Å². The molecule has 4 aromatic heterocycles. The number of aromatic nitrogens is 6. The molecule has 0 radical (unpaired) electrons. The predicted molar refractivity (Wildman–Crippen MR) is 115 cm³/mol. The fourth-order valence-corrected chi connectivity index (χ4v) is 4.13. The molecule has 1 aliphatic rings. The molecule has 0 atom stereocenters. The van der Waals surface area contributed by atoms with Crippen molar-refractivity contribution < 1.29 is 0 Å². The first-order valence-electron chi connectivity index (χ1n) is 10.2. The highest BCUT2D eigenvalue weighted by Gasteiger charge is 2.23. The molecule has 1 N–H and O–H groups in total. The Morgan fingerprint density at radius 1 is 1.10 bits per heavy atom. The summed E-state index contributed by atoms with van der Waals surface area (Å²) in [6.45, 7) is 4.45. The minimum absolute atomic E-state index is 0.0606. The molecular formula is C22H23N7O. The molecule has 0 amide bonds. The Morgan fingerprint density at radius 2 is 1.90 bits per heavy atom. The van der Waals surface area contributed by atoms with Crippen LogP contribution in [-0.2, 0) is 6.54 Å². The molecule has 0 saturated carbocycles. The molecule has 0 unspecified atom stereocenters. The van der Waals surface area contributed by atoms with E-state index in [1.54, 1.807) is 35.5 Å². The molecule has 0 aliphatic carbocycles. The fourth-order valence-electron chi connectivity index (χ4n) is 4.13. The third-order valence-corrected chi connectivity index (χ3v) is 5.72. The zero-order valence-corrected chi connectivity index (χ0v) is 16.8. The van der Waals surface area contributed by atoms with Crippen LogP contribution >= 0.6 is 0 Å². The Hall–Kier alpha value is -3.55. The maximum atomic E-state index is 12.4.